The number of benzene rings is 1. The van der Waals surface area contributed by atoms with Gasteiger partial charge in [-0.2, -0.15) is 0 Å². The van der Waals surface area contributed by atoms with E-state index in [9.17, 15) is 9.90 Å². The Hall–Kier alpha value is -2.21. The monoisotopic (exact) mass is 261 g/mol. The number of rotatable bonds is 6. The van der Waals surface area contributed by atoms with Gasteiger partial charge in [-0.3, -0.25) is 10.1 Å². The van der Waals surface area contributed by atoms with Crippen molar-refractivity contribution in [3.63, 3.8) is 0 Å². The summed E-state index contributed by atoms with van der Waals surface area (Å²) in [6.07, 6.45) is 0.661. The van der Waals surface area contributed by atoms with Gasteiger partial charge in [-0.05, 0) is 5.56 Å². The average Bonchev–Trinajstić information content (AvgIpc) is 2.88. The summed E-state index contributed by atoms with van der Waals surface area (Å²) in [4.78, 5) is 11.3. The number of carboxylic acids is 1. The van der Waals surface area contributed by atoms with E-state index >= 15 is 0 Å². The van der Waals surface area contributed by atoms with E-state index in [0.717, 1.165) is 0 Å². The zero-order chi connectivity index (χ0) is 13.7. The van der Waals surface area contributed by atoms with E-state index in [1.54, 1.807) is 24.3 Å². The van der Waals surface area contributed by atoms with E-state index in [-0.39, 0.29) is 6.54 Å². The molecule has 0 bridgehead atoms. The van der Waals surface area contributed by atoms with Crippen LogP contribution in [0.15, 0.2) is 34.7 Å². The topological polar surface area (TPSA) is 88.2 Å². The summed E-state index contributed by atoms with van der Waals surface area (Å²) in [6.45, 7) is 2.13. The summed E-state index contributed by atoms with van der Waals surface area (Å²) >= 11 is 0. The van der Waals surface area contributed by atoms with Crippen molar-refractivity contribution in [1.82, 2.24) is 15.5 Å². The quantitative estimate of drug-likeness (QED) is 0.820. The Morgan fingerprint density at radius 3 is 2.58 bits per heavy atom. The third-order valence-electron chi connectivity index (χ3n) is 2.65. The highest BCUT2D eigenvalue weighted by Crippen LogP contribution is 2.13. The molecule has 1 aromatic carbocycles. The molecule has 0 fully saturated rings. The predicted molar refractivity (Wildman–Crippen MR) is 67.3 cm³/mol. The zero-order valence-electron chi connectivity index (χ0n) is 10.5. The smallest absolute Gasteiger partial charge is 0.325 e. The van der Waals surface area contributed by atoms with Crippen molar-refractivity contribution in [3.05, 3.63) is 47.7 Å². The lowest BCUT2D eigenvalue weighted by molar-refractivity contribution is -0.139. The predicted octanol–water partition coefficient (Wildman–Crippen LogP) is 1.55. The van der Waals surface area contributed by atoms with Gasteiger partial charge in [-0.1, -0.05) is 37.3 Å². The van der Waals surface area contributed by atoms with Crippen LogP contribution in [-0.4, -0.2) is 21.3 Å². The van der Waals surface area contributed by atoms with Crippen molar-refractivity contribution < 1.29 is 14.3 Å². The molecular weight excluding hydrogens is 246 g/mol. The fraction of sp³-hybridized carbons (Fsp3) is 0.308. The maximum absolute atomic E-state index is 11.3. The second-order valence-electron chi connectivity index (χ2n) is 4.01. The molecule has 6 heteroatoms. The first-order valence-electron chi connectivity index (χ1n) is 6.03. The highest BCUT2D eigenvalue weighted by Gasteiger charge is 2.19. The fourth-order valence-electron chi connectivity index (χ4n) is 1.69. The second-order valence-corrected chi connectivity index (χ2v) is 4.01. The molecule has 0 radical (unpaired) electrons. The SMILES string of the molecule is CCc1nnc(CNC(C(=O)O)c2ccccc2)o1. The van der Waals surface area contributed by atoms with Crippen molar-refractivity contribution in [2.75, 3.05) is 0 Å². The molecule has 100 valence electrons. The summed E-state index contributed by atoms with van der Waals surface area (Å²) in [7, 11) is 0. The van der Waals surface area contributed by atoms with Crippen LogP contribution in [0.3, 0.4) is 0 Å². The number of carboxylic acid groups (broad SMARTS) is 1. The molecule has 0 saturated heterocycles. The number of nitrogens with one attached hydrogen (secondary N) is 1. The third kappa shape index (κ3) is 3.38. The second kappa shape index (κ2) is 6.10. The minimum absolute atomic E-state index is 0.221. The van der Waals surface area contributed by atoms with Crippen molar-refractivity contribution in [2.24, 2.45) is 0 Å². The van der Waals surface area contributed by atoms with Gasteiger partial charge in [0.1, 0.15) is 6.04 Å². The van der Waals surface area contributed by atoms with E-state index in [1.807, 2.05) is 13.0 Å². The van der Waals surface area contributed by atoms with Gasteiger partial charge in [-0.15, -0.1) is 10.2 Å². The molecule has 0 amide bonds. The molecule has 0 aliphatic heterocycles. The molecule has 2 rings (SSSR count). The Labute approximate surface area is 110 Å². The Balaban J connectivity index is 2.04. The summed E-state index contributed by atoms with van der Waals surface area (Å²) in [6, 6.07) is 8.17. The molecule has 0 aliphatic carbocycles. The zero-order valence-corrected chi connectivity index (χ0v) is 10.5. The number of hydrogen-bond donors (Lipinski definition) is 2. The highest BCUT2D eigenvalue weighted by atomic mass is 16.4. The van der Waals surface area contributed by atoms with Crippen LogP contribution in [0, 0.1) is 0 Å². The molecule has 0 saturated carbocycles. The molecule has 2 aromatic rings. The third-order valence-corrected chi connectivity index (χ3v) is 2.65. The van der Waals surface area contributed by atoms with Crippen LogP contribution >= 0.6 is 0 Å². The fourth-order valence-corrected chi connectivity index (χ4v) is 1.69. The number of aliphatic carboxylic acids is 1. The number of nitrogens with zero attached hydrogens (tertiary/aromatic N) is 2. The van der Waals surface area contributed by atoms with Gasteiger partial charge < -0.3 is 9.52 Å². The normalized spacial score (nSPS) is 12.3. The maximum Gasteiger partial charge on any atom is 0.325 e. The van der Waals surface area contributed by atoms with E-state index in [0.29, 0.717) is 23.8 Å². The summed E-state index contributed by atoms with van der Waals surface area (Å²) < 4.78 is 5.32. The molecule has 0 spiro atoms. The standard InChI is InChI=1S/C13H15N3O3/c1-2-10-15-16-11(19-10)8-14-12(13(17)18)9-6-4-3-5-7-9/h3-7,12,14H,2,8H2,1H3,(H,17,18). The Kier molecular flexibility index (Phi) is 4.25. The lowest BCUT2D eigenvalue weighted by atomic mass is 10.1. The number of hydrogen-bond acceptors (Lipinski definition) is 5. The van der Waals surface area contributed by atoms with E-state index in [2.05, 4.69) is 15.5 Å². The molecule has 1 heterocycles. The molecule has 6 nitrogen and oxygen atoms in total. The van der Waals surface area contributed by atoms with Crippen LogP contribution in [0.25, 0.3) is 0 Å². The Morgan fingerprint density at radius 2 is 2.00 bits per heavy atom. The van der Waals surface area contributed by atoms with Crippen molar-refractivity contribution in [3.8, 4) is 0 Å². The molecule has 1 atom stereocenters. The number of carbonyl (C=O) groups is 1. The Bertz CT molecular complexity index is 539. The van der Waals surface area contributed by atoms with Crippen LogP contribution in [-0.2, 0) is 17.8 Å². The lowest BCUT2D eigenvalue weighted by Crippen LogP contribution is -2.28. The maximum atomic E-state index is 11.3. The van der Waals surface area contributed by atoms with E-state index in [1.165, 1.54) is 0 Å². The summed E-state index contributed by atoms with van der Waals surface area (Å²) in [5.41, 5.74) is 0.685. The lowest BCUT2D eigenvalue weighted by Gasteiger charge is -2.13. The van der Waals surface area contributed by atoms with Gasteiger partial charge >= 0.3 is 5.97 Å². The molecular formula is C13H15N3O3. The van der Waals surface area contributed by atoms with Crippen LogP contribution in [0.1, 0.15) is 30.3 Å². The first kappa shape index (κ1) is 13.2. The van der Waals surface area contributed by atoms with Gasteiger partial charge in [0.2, 0.25) is 11.8 Å². The summed E-state index contributed by atoms with van der Waals surface area (Å²) in [5.74, 6) is -0.0103. The summed E-state index contributed by atoms with van der Waals surface area (Å²) in [5, 5.41) is 19.8. The minimum atomic E-state index is -0.943. The van der Waals surface area contributed by atoms with Crippen molar-refractivity contribution in [2.45, 2.75) is 25.9 Å². The number of aromatic nitrogens is 2. The molecule has 2 N–H and O–H groups in total. The van der Waals surface area contributed by atoms with E-state index in [4.69, 9.17) is 4.42 Å². The molecule has 0 aliphatic rings. The van der Waals surface area contributed by atoms with Gasteiger partial charge in [0, 0.05) is 6.42 Å². The van der Waals surface area contributed by atoms with Crippen LogP contribution in [0.2, 0.25) is 0 Å². The van der Waals surface area contributed by atoms with Crippen LogP contribution < -0.4 is 5.32 Å². The van der Waals surface area contributed by atoms with Crippen LogP contribution in [0.4, 0.5) is 0 Å². The molecule has 1 aromatic heterocycles. The van der Waals surface area contributed by atoms with Crippen molar-refractivity contribution >= 4 is 5.97 Å². The largest absolute Gasteiger partial charge is 0.480 e. The van der Waals surface area contributed by atoms with Gasteiger partial charge in [-0.25, -0.2) is 0 Å². The molecule has 1 unspecified atom stereocenters. The molecule has 19 heavy (non-hydrogen) atoms. The van der Waals surface area contributed by atoms with Gasteiger partial charge in [0.05, 0.1) is 6.54 Å². The van der Waals surface area contributed by atoms with Crippen LogP contribution in [0.5, 0.6) is 0 Å². The minimum Gasteiger partial charge on any atom is -0.480 e. The van der Waals surface area contributed by atoms with Crippen molar-refractivity contribution in [1.29, 1.82) is 0 Å². The highest BCUT2D eigenvalue weighted by molar-refractivity contribution is 5.75. The first-order chi connectivity index (χ1) is 9.20. The number of aryl methyl sites for hydroxylation is 1. The van der Waals surface area contributed by atoms with E-state index < -0.39 is 12.0 Å². The van der Waals surface area contributed by atoms with Gasteiger partial charge in [0.25, 0.3) is 0 Å². The average molecular weight is 261 g/mol. The Morgan fingerprint density at radius 1 is 1.32 bits per heavy atom. The van der Waals surface area contributed by atoms with Gasteiger partial charge in [0.15, 0.2) is 0 Å². The first-order valence-corrected chi connectivity index (χ1v) is 6.03.